The van der Waals surface area contributed by atoms with E-state index in [1.165, 1.54) is 13.8 Å². The molecule has 0 aliphatic carbocycles. The number of carbonyl (C=O) groups is 6. The fraction of sp³-hybridized carbons (Fsp3) is 0.538. The van der Waals surface area contributed by atoms with E-state index in [0.29, 0.717) is 0 Å². The van der Waals surface area contributed by atoms with Gasteiger partial charge in [-0.1, -0.05) is 14.9 Å². The first-order valence-corrected chi connectivity index (χ1v) is 9.11. The van der Waals surface area contributed by atoms with Crippen molar-refractivity contribution in [1.29, 1.82) is 0 Å². The summed E-state index contributed by atoms with van der Waals surface area (Å²) in [6.45, 7) is 1.81. The molecule has 0 aromatic heterocycles. The highest BCUT2D eigenvalue weighted by Gasteiger charge is 2.09. The van der Waals surface area contributed by atoms with Gasteiger partial charge in [0.25, 0.3) is 18.1 Å². The van der Waals surface area contributed by atoms with E-state index in [9.17, 15) is 28.8 Å². The van der Waals surface area contributed by atoms with Gasteiger partial charge in [-0.3, -0.25) is 9.59 Å². The maximum absolute atomic E-state index is 11.3. The molecule has 0 saturated carbocycles. The van der Waals surface area contributed by atoms with Gasteiger partial charge in [0.05, 0.1) is 20.0 Å². The minimum absolute atomic E-state index is 0. The van der Waals surface area contributed by atoms with Crippen LogP contribution in [0.1, 0.15) is 28.7 Å². The van der Waals surface area contributed by atoms with Gasteiger partial charge >= 0.3 is 24.4 Å². The first kappa shape index (κ1) is 32.5. The Bertz CT molecular complexity index is 559. The van der Waals surface area contributed by atoms with Crippen LogP contribution in [0.5, 0.6) is 0 Å². The smallest absolute Gasteiger partial charge is 0.392 e. The number of amides is 6. The summed E-state index contributed by atoms with van der Waals surface area (Å²) < 4.78 is 18.0. The normalized spacial score (nSPS) is 9.35. The molecular formula is C13H28N6O10P2. The largest absolute Gasteiger partial charge is 0.413 e. The second-order valence-corrected chi connectivity index (χ2v) is 5.58. The van der Waals surface area contributed by atoms with Crippen molar-refractivity contribution < 1.29 is 46.9 Å². The van der Waals surface area contributed by atoms with E-state index in [-0.39, 0.29) is 40.0 Å². The van der Waals surface area contributed by atoms with Gasteiger partial charge in [0, 0.05) is 13.8 Å². The Kier molecular flexibility index (Phi) is 21.2. The summed E-state index contributed by atoms with van der Waals surface area (Å²) >= 11 is 0. The molecule has 0 saturated heterocycles. The lowest BCUT2D eigenvalue weighted by Crippen LogP contribution is -2.37. The van der Waals surface area contributed by atoms with Gasteiger partial charge in [0.2, 0.25) is 11.8 Å². The number of carbonyl (C=O) groups excluding carboxylic acids is 6. The molecule has 0 rings (SSSR count). The molecule has 0 spiro atoms. The molecule has 16 nitrogen and oxygen atoms in total. The minimum Gasteiger partial charge on any atom is -0.392 e. The molecule has 2 unspecified atom stereocenters. The number of hydrogen-bond donors (Lipinski definition) is 6. The molecule has 0 aromatic rings. The Hall–Kier alpha value is -3.12. The predicted octanol–water partition coefficient (Wildman–Crippen LogP) is 0.325. The van der Waals surface area contributed by atoms with Gasteiger partial charge in [0.1, 0.15) is 0 Å². The van der Waals surface area contributed by atoms with Crippen LogP contribution < -0.4 is 31.9 Å². The topological polar surface area (TPSA) is 212 Å². The van der Waals surface area contributed by atoms with Crippen LogP contribution in [-0.2, 0) is 27.7 Å². The van der Waals surface area contributed by atoms with Gasteiger partial charge < -0.3 is 50.0 Å². The van der Waals surface area contributed by atoms with Crippen LogP contribution in [0.4, 0.5) is 19.2 Å². The Morgan fingerprint density at radius 1 is 0.516 bits per heavy atom. The fourth-order valence-electron chi connectivity index (χ4n) is 1.01. The summed E-state index contributed by atoms with van der Waals surface area (Å²) in [4.78, 5) is 65.9. The van der Waals surface area contributed by atoms with Crippen molar-refractivity contribution in [3.8, 4) is 0 Å². The van der Waals surface area contributed by atoms with E-state index in [1.54, 1.807) is 0 Å². The van der Waals surface area contributed by atoms with Crippen LogP contribution in [0.3, 0.4) is 0 Å². The summed E-state index contributed by atoms with van der Waals surface area (Å²) in [6.07, 6.45) is -3.86. The average molecular weight is 490 g/mol. The molecule has 0 fully saturated rings. The van der Waals surface area contributed by atoms with E-state index >= 15 is 0 Å². The Labute approximate surface area is 182 Å². The monoisotopic (exact) mass is 490 g/mol. The molecule has 0 radical (unpaired) electrons. The van der Waals surface area contributed by atoms with Gasteiger partial charge in [-0.2, -0.15) is 0 Å². The first-order chi connectivity index (χ1) is 13.7. The van der Waals surface area contributed by atoms with Crippen molar-refractivity contribution in [3.05, 3.63) is 0 Å². The lowest BCUT2D eigenvalue weighted by Gasteiger charge is -2.09. The Morgan fingerprint density at radius 2 is 0.742 bits per heavy atom. The maximum atomic E-state index is 11.3. The molecule has 6 amide bonds. The van der Waals surface area contributed by atoms with E-state index < -0.39 is 49.1 Å². The standard InChI is InChI=1S/C11H20N6O10P2.2CH4/c1-6(18)12-3-14-8(20)24-28-26-10(22)16-5-17-11(23)27-29-25-9(21)15-4-13-7(2)19;;/h28-29H,3-5H2,1-2H3,(H,12,18)(H,13,19)(H,14,20)(H,15,21)(H,16,22)(H,17,23);2*1H4. The molecule has 0 aliphatic heterocycles. The highest BCUT2D eigenvalue weighted by atomic mass is 31.1. The maximum Gasteiger partial charge on any atom is 0.413 e. The SMILES string of the molecule is C.C.CC(=O)NCNC(=O)OPOC(=O)NCNC(=O)OPOC(=O)NCNC(C)=O. The zero-order valence-electron chi connectivity index (χ0n) is 15.2. The Morgan fingerprint density at radius 3 is 0.968 bits per heavy atom. The highest BCUT2D eigenvalue weighted by Crippen LogP contribution is 2.14. The van der Waals surface area contributed by atoms with E-state index in [4.69, 9.17) is 0 Å². The van der Waals surface area contributed by atoms with Gasteiger partial charge in [-0.15, -0.1) is 0 Å². The fourth-order valence-corrected chi connectivity index (χ4v) is 1.68. The van der Waals surface area contributed by atoms with E-state index in [0.717, 1.165) is 0 Å². The van der Waals surface area contributed by atoms with Crippen LogP contribution in [0, 0.1) is 0 Å². The van der Waals surface area contributed by atoms with Gasteiger partial charge in [0.15, 0.2) is 0 Å². The summed E-state index contributed by atoms with van der Waals surface area (Å²) in [7, 11) is -1.94. The summed E-state index contributed by atoms with van der Waals surface area (Å²) in [5, 5.41) is 13.1. The quantitative estimate of drug-likeness (QED) is 0.182. The van der Waals surface area contributed by atoms with Crippen molar-refractivity contribution in [2.45, 2.75) is 28.7 Å². The molecular weight excluding hydrogens is 462 g/mol. The second kappa shape index (κ2) is 20.2. The lowest BCUT2D eigenvalue weighted by atomic mass is 10.7. The molecule has 180 valence electrons. The minimum atomic E-state index is -1.01. The number of hydrogen-bond acceptors (Lipinski definition) is 10. The molecule has 0 bridgehead atoms. The van der Waals surface area contributed by atoms with Gasteiger partial charge in [-0.05, 0) is 0 Å². The van der Waals surface area contributed by atoms with Crippen LogP contribution in [0.15, 0.2) is 0 Å². The number of rotatable bonds is 10. The molecule has 0 aliphatic rings. The van der Waals surface area contributed by atoms with Crippen molar-refractivity contribution in [1.82, 2.24) is 31.9 Å². The van der Waals surface area contributed by atoms with Crippen LogP contribution in [0.2, 0.25) is 0 Å². The van der Waals surface area contributed by atoms with Crippen LogP contribution >= 0.6 is 18.1 Å². The van der Waals surface area contributed by atoms with Gasteiger partial charge in [-0.25, -0.2) is 19.2 Å². The van der Waals surface area contributed by atoms with Crippen molar-refractivity contribution in [3.63, 3.8) is 0 Å². The van der Waals surface area contributed by atoms with Crippen LogP contribution in [0.25, 0.3) is 0 Å². The zero-order chi connectivity index (χ0) is 22.1. The third kappa shape index (κ3) is 23.0. The zero-order valence-corrected chi connectivity index (χ0v) is 17.2. The van der Waals surface area contributed by atoms with Crippen LogP contribution in [-0.4, -0.2) is 56.2 Å². The summed E-state index contributed by atoms with van der Waals surface area (Å²) in [5.41, 5.74) is 0. The molecule has 0 heterocycles. The third-order valence-corrected chi connectivity index (χ3v) is 3.22. The summed E-state index contributed by atoms with van der Waals surface area (Å²) in [6, 6.07) is 0. The van der Waals surface area contributed by atoms with E-state index in [2.05, 4.69) is 50.0 Å². The van der Waals surface area contributed by atoms with Crippen molar-refractivity contribution in [2.24, 2.45) is 0 Å². The molecule has 2 atom stereocenters. The third-order valence-electron chi connectivity index (χ3n) is 2.14. The lowest BCUT2D eigenvalue weighted by molar-refractivity contribution is -0.119. The highest BCUT2D eigenvalue weighted by molar-refractivity contribution is 7.28. The second-order valence-electron chi connectivity index (χ2n) is 4.43. The molecule has 0 aromatic carbocycles. The number of nitrogens with one attached hydrogen (secondary N) is 6. The molecule has 31 heavy (non-hydrogen) atoms. The molecule has 6 N–H and O–H groups in total. The predicted molar refractivity (Wildman–Crippen MR) is 111 cm³/mol. The molecule has 18 heteroatoms. The first-order valence-electron chi connectivity index (χ1n) is 7.48. The average Bonchev–Trinajstić information content (AvgIpc) is 2.61. The van der Waals surface area contributed by atoms with E-state index in [1.807, 2.05) is 0 Å². The summed E-state index contributed by atoms with van der Waals surface area (Å²) in [5.74, 6) is -0.710. The van der Waals surface area contributed by atoms with Crippen molar-refractivity contribution >= 4 is 54.3 Å². The Balaban J connectivity index is -0.00000392. The van der Waals surface area contributed by atoms with Crippen molar-refractivity contribution in [2.75, 3.05) is 20.0 Å².